The van der Waals surface area contributed by atoms with Gasteiger partial charge in [0.25, 0.3) is 0 Å². The van der Waals surface area contributed by atoms with Crippen molar-refractivity contribution in [2.45, 2.75) is 19.3 Å². The quantitative estimate of drug-likeness (QED) is 0.127. The Bertz CT molecular complexity index is 3150. The molecule has 258 valence electrons. The van der Waals surface area contributed by atoms with E-state index in [0.29, 0.717) is 0 Å². The molecule has 0 aromatic heterocycles. The number of rotatable bonds is 4. The molecule has 1 aliphatic carbocycles. The van der Waals surface area contributed by atoms with Crippen molar-refractivity contribution in [1.82, 2.24) is 0 Å². The Morgan fingerprint density at radius 1 is 0.291 bits per heavy atom. The summed E-state index contributed by atoms with van der Waals surface area (Å²) >= 11 is 0. The molecule has 0 heterocycles. The first-order chi connectivity index (χ1) is 27.0. The first-order valence-electron chi connectivity index (χ1n) is 19.3. The van der Waals surface area contributed by atoms with Crippen molar-refractivity contribution in [2.75, 3.05) is 0 Å². The molecule has 0 unspecified atom stereocenters. The zero-order valence-electron chi connectivity index (χ0n) is 31.0. The Labute approximate surface area is 322 Å². The average Bonchev–Trinajstić information content (AvgIpc) is 3.46. The van der Waals surface area contributed by atoms with E-state index in [-0.39, 0.29) is 5.41 Å². The van der Waals surface area contributed by atoms with Crippen molar-refractivity contribution in [3.05, 3.63) is 205 Å². The SMILES string of the molecule is CC1(C)c2ccccc2-c2cc3ccc(-c4cc(-c5ccccc5)cc(-c5c6ccccc6c(-c6ccccc6)c6ccc7ccccc7c56)c4)cc3cc21. The molecule has 10 aromatic rings. The molecule has 0 radical (unpaired) electrons. The molecule has 0 N–H and O–H groups in total. The zero-order valence-corrected chi connectivity index (χ0v) is 31.0. The van der Waals surface area contributed by atoms with Crippen LogP contribution in [0.2, 0.25) is 0 Å². The van der Waals surface area contributed by atoms with Gasteiger partial charge in [-0.05, 0) is 146 Å². The zero-order chi connectivity index (χ0) is 36.7. The third-order valence-electron chi connectivity index (χ3n) is 12.2. The Hall–Kier alpha value is -6.76. The summed E-state index contributed by atoms with van der Waals surface area (Å²) in [5, 5.41) is 10.2. The largest absolute Gasteiger partial charge is 0.0622 e. The van der Waals surface area contributed by atoms with Crippen molar-refractivity contribution >= 4 is 43.1 Å². The van der Waals surface area contributed by atoms with E-state index < -0.39 is 0 Å². The van der Waals surface area contributed by atoms with Gasteiger partial charge in [-0.25, -0.2) is 0 Å². The summed E-state index contributed by atoms with van der Waals surface area (Å²) in [5.41, 5.74) is 15.4. The van der Waals surface area contributed by atoms with Crippen LogP contribution in [0, 0.1) is 0 Å². The molecule has 11 rings (SSSR count). The normalized spacial score (nSPS) is 13.1. The van der Waals surface area contributed by atoms with Gasteiger partial charge < -0.3 is 0 Å². The lowest BCUT2D eigenvalue weighted by Gasteiger charge is -2.22. The molecule has 1 aliphatic rings. The van der Waals surface area contributed by atoms with Crippen LogP contribution in [0.15, 0.2) is 194 Å². The second-order valence-electron chi connectivity index (χ2n) is 15.7. The average molecular weight is 699 g/mol. The second-order valence-corrected chi connectivity index (χ2v) is 15.7. The predicted octanol–water partition coefficient (Wildman–Crippen LogP) is 15.3. The van der Waals surface area contributed by atoms with Crippen LogP contribution in [-0.2, 0) is 5.41 Å². The van der Waals surface area contributed by atoms with Crippen LogP contribution in [-0.4, -0.2) is 0 Å². The van der Waals surface area contributed by atoms with Crippen LogP contribution < -0.4 is 0 Å². The van der Waals surface area contributed by atoms with Crippen LogP contribution in [0.1, 0.15) is 25.0 Å². The first-order valence-corrected chi connectivity index (χ1v) is 19.3. The Morgan fingerprint density at radius 2 is 0.891 bits per heavy atom. The van der Waals surface area contributed by atoms with E-state index in [9.17, 15) is 0 Å². The van der Waals surface area contributed by atoms with Gasteiger partial charge in [-0.3, -0.25) is 0 Å². The van der Waals surface area contributed by atoms with Crippen molar-refractivity contribution in [3.63, 3.8) is 0 Å². The minimum atomic E-state index is -0.0483. The van der Waals surface area contributed by atoms with E-state index in [0.717, 1.165) is 0 Å². The summed E-state index contributed by atoms with van der Waals surface area (Å²) < 4.78 is 0. The molecular weight excluding hydrogens is 661 g/mol. The number of hydrogen-bond acceptors (Lipinski definition) is 0. The maximum atomic E-state index is 2.45. The molecule has 0 saturated heterocycles. The maximum Gasteiger partial charge on any atom is 0.0159 e. The lowest BCUT2D eigenvalue weighted by Crippen LogP contribution is -2.14. The highest BCUT2D eigenvalue weighted by Crippen LogP contribution is 2.51. The molecule has 0 bridgehead atoms. The van der Waals surface area contributed by atoms with Crippen molar-refractivity contribution in [1.29, 1.82) is 0 Å². The fourth-order valence-electron chi connectivity index (χ4n) is 9.52. The van der Waals surface area contributed by atoms with E-state index in [2.05, 4.69) is 208 Å². The minimum absolute atomic E-state index is 0.0483. The van der Waals surface area contributed by atoms with Gasteiger partial charge in [0.05, 0.1) is 0 Å². The van der Waals surface area contributed by atoms with Crippen LogP contribution >= 0.6 is 0 Å². The third-order valence-corrected chi connectivity index (χ3v) is 12.2. The smallest absolute Gasteiger partial charge is 0.0159 e. The Kier molecular flexibility index (Phi) is 7.00. The van der Waals surface area contributed by atoms with Crippen molar-refractivity contribution < 1.29 is 0 Å². The molecule has 0 spiro atoms. The van der Waals surface area contributed by atoms with Gasteiger partial charge in [0.2, 0.25) is 0 Å². The fraction of sp³-hybridized carbons (Fsp3) is 0.0545. The van der Waals surface area contributed by atoms with Crippen molar-refractivity contribution in [3.8, 4) is 55.6 Å². The van der Waals surface area contributed by atoms with E-state index >= 15 is 0 Å². The third kappa shape index (κ3) is 4.92. The Balaban J connectivity index is 1.21. The summed E-state index contributed by atoms with van der Waals surface area (Å²) in [5.74, 6) is 0. The molecule has 0 amide bonds. The standard InChI is InChI=1S/C55H38/c1-55(2)50-24-14-13-21-45(50)49-33-39-26-25-38(29-42(39)34-51(49)55)41-30-40(35-15-5-3-6-16-35)31-43(32-41)53-47-23-12-11-22-46(47)52(37-18-7-4-8-19-37)48-28-27-36-17-9-10-20-44(36)54(48)53/h3-34H,1-2H3. The number of fused-ring (bicyclic) bond motifs is 8. The van der Waals surface area contributed by atoms with Gasteiger partial charge in [-0.2, -0.15) is 0 Å². The van der Waals surface area contributed by atoms with Crippen LogP contribution in [0.4, 0.5) is 0 Å². The summed E-state index contributed by atoms with van der Waals surface area (Å²) in [7, 11) is 0. The maximum absolute atomic E-state index is 2.45. The summed E-state index contributed by atoms with van der Waals surface area (Å²) in [6.07, 6.45) is 0. The van der Waals surface area contributed by atoms with Crippen LogP contribution in [0.3, 0.4) is 0 Å². The number of benzene rings is 10. The summed E-state index contributed by atoms with van der Waals surface area (Å²) in [4.78, 5) is 0. The first kappa shape index (κ1) is 31.7. The second kappa shape index (κ2) is 12.1. The fourth-order valence-corrected chi connectivity index (χ4v) is 9.52. The predicted molar refractivity (Wildman–Crippen MR) is 236 cm³/mol. The molecule has 0 fully saturated rings. The topological polar surface area (TPSA) is 0 Å². The van der Waals surface area contributed by atoms with Gasteiger partial charge in [0.1, 0.15) is 0 Å². The highest BCUT2D eigenvalue weighted by atomic mass is 14.4. The van der Waals surface area contributed by atoms with Gasteiger partial charge in [-0.15, -0.1) is 0 Å². The van der Waals surface area contributed by atoms with Gasteiger partial charge in [-0.1, -0.05) is 172 Å². The van der Waals surface area contributed by atoms with Gasteiger partial charge in [0, 0.05) is 5.41 Å². The molecular formula is C55H38. The lowest BCUT2D eigenvalue weighted by atomic mass is 9.81. The molecule has 55 heavy (non-hydrogen) atoms. The van der Waals surface area contributed by atoms with E-state index in [1.54, 1.807) is 0 Å². The van der Waals surface area contributed by atoms with Crippen LogP contribution in [0.5, 0.6) is 0 Å². The van der Waals surface area contributed by atoms with E-state index in [1.807, 2.05) is 0 Å². The number of hydrogen-bond donors (Lipinski definition) is 0. The minimum Gasteiger partial charge on any atom is -0.0622 e. The molecule has 0 aliphatic heterocycles. The van der Waals surface area contributed by atoms with Crippen molar-refractivity contribution in [2.24, 2.45) is 0 Å². The highest BCUT2D eigenvalue weighted by Gasteiger charge is 2.35. The lowest BCUT2D eigenvalue weighted by molar-refractivity contribution is 0.661. The molecule has 0 saturated carbocycles. The van der Waals surface area contributed by atoms with Gasteiger partial charge in [0.15, 0.2) is 0 Å². The molecule has 0 atom stereocenters. The molecule has 0 nitrogen and oxygen atoms in total. The molecule has 0 heteroatoms. The monoisotopic (exact) mass is 698 g/mol. The highest BCUT2D eigenvalue weighted by molar-refractivity contribution is 6.28. The van der Waals surface area contributed by atoms with Crippen LogP contribution in [0.25, 0.3) is 98.7 Å². The summed E-state index contributed by atoms with van der Waals surface area (Å²) in [6.45, 7) is 4.73. The van der Waals surface area contributed by atoms with E-state index in [4.69, 9.17) is 0 Å². The molecule has 10 aromatic carbocycles. The summed E-state index contributed by atoms with van der Waals surface area (Å²) in [6, 6.07) is 72.3. The Morgan fingerprint density at radius 3 is 1.67 bits per heavy atom. The van der Waals surface area contributed by atoms with Gasteiger partial charge >= 0.3 is 0 Å². The van der Waals surface area contributed by atoms with E-state index in [1.165, 1.54) is 110 Å².